The first kappa shape index (κ1) is 19.8. The third-order valence-corrected chi connectivity index (χ3v) is 3.93. The highest BCUT2D eigenvalue weighted by molar-refractivity contribution is 7.46. The van der Waals surface area contributed by atoms with Gasteiger partial charge in [0.15, 0.2) is 6.23 Å². The molecule has 0 saturated carbocycles. The Bertz CT molecular complexity index is 594. The van der Waals surface area contributed by atoms with Crippen LogP contribution in [0.2, 0.25) is 0 Å². The van der Waals surface area contributed by atoms with E-state index in [0.29, 0.717) is 0 Å². The molecule has 0 bridgehead atoms. The highest BCUT2D eigenvalue weighted by Crippen LogP contribution is 2.42. The van der Waals surface area contributed by atoms with Crippen molar-refractivity contribution in [2.24, 2.45) is 4.99 Å². The minimum absolute atomic E-state index is 0.611. The predicted octanol–water partition coefficient (Wildman–Crippen LogP) is -2.00. The minimum atomic E-state index is -4.93. The van der Waals surface area contributed by atoms with Gasteiger partial charge in [-0.25, -0.2) is 14.4 Å². The van der Waals surface area contributed by atoms with Gasteiger partial charge in [0.1, 0.15) is 24.5 Å². The first-order chi connectivity index (χ1) is 11.6. The maximum absolute atomic E-state index is 12.2. The molecule has 5 N–H and O–H groups in total. The van der Waals surface area contributed by atoms with E-state index in [1.807, 2.05) is 0 Å². The summed E-state index contributed by atoms with van der Waals surface area (Å²) in [6.07, 6.45) is -1.82. The van der Waals surface area contributed by atoms with E-state index in [9.17, 15) is 19.6 Å². The lowest BCUT2D eigenvalue weighted by Gasteiger charge is -2.31. The van der Waals surface area contributed by atoms with Crippen molar-refractivity contribution in [2.45, 2.75) is 30.7 Å². The zero-order valence-electron chi connectivity index (χ0n) is 13.5. The Balaban J connectivity index is 2.12. The fourth-order valence-corrected chi connectivity index (χ4v) is 2.95. The fraction of sp³-hybridized carbons (Fsp3) is 0.667. The number of carbonyl (C=O) groups excluding carboxylic acids is 1. The molecule has 0 aromatic carbocycles. The SMILES string of the molecule is CN(C)/C=N\C1C=CN([C@@H]2O[C@H](CO)C(OP(=O)(O)O)[C@@H]2O)C(=O)N1. The summed E-state index contributed by atoms with van der Waals surface area (Å²) in [6.45, 7) is -0.660. The lowest BCUT2D eigenvalue weighted by atomic mass is 10.1. The van der Waals surface area contributed by atoms with E-state index in [4.69, 9.17) is 14.5 Å². The summed E-state index contributed by atoms with van der Waals surface area (Å²) in [7, 11) is -1.39. The third-order valence-electron chi connectivity index (χ3n) is 3.42. The van der Waals surface area contributed by atoms with Gasteiger partial charge in [0.2, 0.25) is 0 Å². The van der Waals surface area contributed by atoms with Crippen LogP contribution in [0, 0.1) is 0 Å². The van der Waals surface area contributed by atoms with E-state index in [0.717, 1.165) is 4.90 Å². The van der Waals surface area contributed by atoms with Crippen LogP contribution < -0.4 is 5.32 Å². The Morgan fingerprint density at radius 1 is 1.52 bits per heavy atom. The minimum Gasteiger partial charge on any atom is -0.394 e. The number of ether oxygens (including phenoxy) is 1. The van der Waals surface area contributed by atoms with Gasteiger partial charge in [0.05, 0.1) is 12.9 Å². The normalized spacial score (nSPS) is 33.1. The van der Waals surface area contributed by atoms with Crippen molar-refractivity contribution < 1.29 is 38.6 Å². The maximum atomic E-state index is 12.2. The fourth-order valence-electron chi connectivity index (χ4n) is 2.37. The topological polar surface area (TPSA) is 164 Å². The first-order valence-electron chi connectivity index (χ1n) is 7.27. The number of hydrogen-bond donors (Lipinski definition) is 5. The standard InChI is InChI=1S/C12H21N4O8P/c1-15(2)6-13-8-3-4-16(12(19)14-8)11-9(18)10(7(5-17)23-11)24-25(20,21)22/h3-4,6-11,17-18H,5H2,1-2H3,(H,14,19)(H2,20,21,22)/b13-6-/t7-,8?,9+,10?,11-/m1/s1. The van der Waals surface area contributed by atoms with Gasteiger partial charge >= 0.3 is 13.9 Å². The number of aliphatic hydroxyl groups excluding tert-OH is 2. The highest BCUT2D eigenvalue weighted by atomic mass is 31.2. The van der Waals surface area contributed by atoms with E-state index < -0.39 is 51.2 Å². The molecule has 25 heavy (non-hydrogen) atoms. The van der Waals surface area contributed by atoms with Crippen LogP contribution in [0.4, 0.5) is 4.79 Å². The molecule has 2 heterocycles. The van der Waals surface area contributed by atoms with Crippen LogP contribution in [0.5, 0.6) is 0 Å². The second-order valence-electron chi connectivity index (χ2n) is 5.67. The number of carbonyl (C=O) groups is 1. The van der Waals surface area contributed by atoms with Crippen molar-refractivity contribution >= 4 is 20.2 Å². The summed E-state index contributed by atoms with van der Waals surface area (Å²) in [6, 6.07) is -0.638. The van der Waals surface area contributed by atoms with Crippen LogP contribution >= 0.6 is 7.82 Å². The number of phosphoric ester groups is 1. The Hall–Kier alpha value is -1.53. The number of aliphatic hydroxyl groups is 2. The zero-order chi connectivity index (χ0) is 18.8. The van der Waals surface area contributed by atoms with E-state index in [-0.39, 0.29) is 0 Å². The molecule has 12 nitrogen and oxygen atoms in total. The number of urea groups is 1. The van der Waals surface area contributed by atoms with Crippen LogP contribution in [0.25, 0.3) is 0 Å². The Morgan fingerprint density at radius 2 is 2.20 bits per heavy atom. The number of aliphatic imine (C=N–C) groups is 1. The van der Waals surface area contributed by atoms with Gasteiger partial charge in [-0.3, -0.25) is 9.42 Å². The predicted molar refractivity (Wildman–Crippen MR) is 84.1 cm³/mol. The molecule has 0 aliphatic carbocycles. The molecule has 142 valence electrons. The van der Waals surface area contributed by atoms with Gasteiger partial charge in [-0.15, -0.1) is 0 Å². The summed E-state index contributed by atoms with van der Waals surface area (Å²) in [5.41, 5.74) is 0. The maximum Gasteiger partial charge on any atom is 0.470 e. The molecule has 2 amide bonds. The van der Waals surface area contributed by atoms with Crippen LogP contribution in [-0.4, -0.2) is 93.6 Å². The van der Waals surface area contributed by atoms with Gasteiger partial charge in [-0.05, 0) is 6.08 Å². The molecule has 2 aliphatic heterocycles. The number of amides is 2. The number of hydrogen-bond acceptors (Lipinski definition) is 7. The Kier molecular flexibility index (Phi) is 6.16. The molecule has 1 saturated heterocycles. The highest BCUT2D eigenvalue weighted by Gasteiger charge is 2.50. The quantitative estimate of drug-likeness (QED) is 0.199. The second kappa shape index (κ2) is 7.79. The number of nitrogens with zero attached hydrogens (tertiary/aromatic N) is 3. The van der Waals surface area contributed by atoms with Gasteiger partial charge < -0.3 is 35.0 Å². The van der Waals surface area contributed by atoms with Gasteiger partial charge in [0.25, 0.3) is 0 Å². The molecular weight excluding hydrogens is 359 g/mol. The Morgan fingerprint density at radius 3 is 2.72 bits per heavy atom. The van der Waals surface area contributed by atoms with Gasteiger partial charge in [-0.2, -0.15) is 0 Å². The lowest BCUT2D eigenvalue weighted by Crippen LogP contribution is -2.52. The molecule has 2 rings (SSSR count). The molecular formula is C12H21N4O8P. The molecule has 0 aromatic rings. The van der Waals surface area contributed by atoms with Crippen molar-refractivity contribution in [1.29, 1.82) is 0 Å². The van der Waals surface area contributed by atoms with Crippen molar-refractivity contribution in [3.63, 3.8) is 0 Å². The van der Waals surface area contributed by atoms with Gasteiger partial charge in [-0.1, -0.05) is 0 Å². The molecule has 0 radical (unpaired) electrons. The molecule has 13 heteroatoms. The monoisotopic (exact) mass is 380 g/mol. The molecule has 0 aromatic heterocycles. The zero-order valence-corrected chi connectivity index (χ0v) is 14.4. The van der Waals surface area contributed by atoms with Crippen molar-refractivity contribution in [1.82, 2.24) is 15.1 Å². The average Bonchev–Trinajstić information content (AvgIpc) is 2.80. The summed E-state index contributed by atoms with van der Waals surface area (Å²) < 4.78 is 20.8. The Labute approximate surface area is 143 Å². The largest absolute Gasteiger partial charge is 0.470 e. The molecule has 5 atom stereocenters. The van der Waals surface area contributed by atoms with Crippen molar-refractivity contribution in [3.05, 3.63) is 12.3 Å². The van der Waals surface area contributed by atoms with Crippen LogP contribution in [-0.2, 0) is 13.8 Å². The van der Waals surface area contributed by atoms with Crippen LogP contribution in [0.3, 0.4) is 0 Å². The average molecular weight is 380 g/mol. The van der Waals surface area contributed by atoms with Crippen LogP contribution in [0.15, 0.2) is 17.3 Å². The van der Waals surface area contributed by atoms with E-state index >= 15 is 0 Å². The first-order valence-corrected chi connectivity index (χ1v) is 8.80. The lowest BCUT2D eigenvalue weighted by molar-refractivity contribution is -0.0660. The third kappa shape index (κ3) is 4.98. The smallest absolute Gasteiger partial charge is 0.394 e. The second-order valence-corrected chi connectivity index (χ2v) is 6.86. The summed E-state index contributed by atoms with van der Waals surface area (Å²) >= 11 is 0. The summed E-state index contributed by atoms with van der Waals surface area (Å²) in [5.74, 6) is 0. The van der Waals surface area contributed by atoms with E-state index in [2.05, 4.69) is 14.8 Å². The molecule has 2 aliphatic rings. The van der Waals surface area contributed by atoms with Crippen molar-refractivity contribution in [3.8, 4) is 0 Å². The number of phosphoric acid groups is 1. The van der Waals surface area contributed by atoms with Gasteiger partial charge in [0, 0.05) is 20.3 Å². The molecule has 1 fully saturated rings. The summed E-state index contributed by atoms with van der Waals surface area (Å²) in [4.78, 5) is 36.8. The van der Waals surface area contributed by atoms with E-state index in [1.165, 1.54) is 18.6 Å². The van der Waals surface area contributed by atoms with Crippen molar-refractivity contribution in [2.75, 3.05) is 20.7 Å². The summed E-state index contributed by atoms with van der Waals surface area (Å²) in [5, 5.41) is 22.0. The molecule has 2 unspecified atom stereocenters. The molecule has 0 spiro atoms. The van der Waals surface area contributed by atoms with E-state index in [1.54, 1.807) is 19.0 Å². The van der Waals surface area contributed by atoms with Crippen LogP contribution in [0.1, 0.15) is 0 Å². The number of rotatable bonds is 6. The number of nitrogens with one attached hydrogen (secondary N) is 1.